The molecule has 1 unspecified atom stereocenters. The lowest BCUT2D eigenvalue weighted by molar-refractivity contribution is 0.713. The molecule has 84 valence electrons. The third kappa shape index (κ3) is 2.13. The molecule has 1 aromatic rings. The van der Waals surface area contributed by atoms with E-state index in [1.807, 2.05) is 12.1 Å². The van der Waals surface area contributed by atoms with Gasteiger partial charge in [0.25, 0.3) is 0 Å². The predicted octanol–water partition coefficient (Wildman–Crippen LogP) is 0.262. The van der Waals surface area contributed by atoms with Crippen LogP contribution in [0.5, 0.6) is 0 Å². The Labute approximate surface area is 94.1 Å². The molecule has 2 rings (SSSR count). The molecule has 0 aromatic heterocycles. The lowest BCUT2D eigenvalue weighted by Gasteiger charge is -2.05. The highest BCUT2D eigenvalue weighted by molar-refractivity contribution is 5.92. The number of fused-ring (bicyclic) bond motifs is 1. The van der Waals surface area contributed by atoms with Crippen molar-refractivity contribution in [3.05, 3.63) is 35.4 Å². The first-order chi connectivity index (χ1) is 7.66. The molecule has 1 aliphatic carbocycles. The average Bonchev–Trinajstić information content (AvgIpc) is 2.61. The Kier molecular flexibility index (Phi) is 2.76. The second kappa shape index (κ2) is 4.22. The first-order valence-electron chi connectivity index (χ1n) is 5.17. The maximum absolute atomic E-state index is 5.61. The normalized spacial score (nSPS) is 19.2. The van der Waals surface area contributed by atoms with Crippen molar-refractivity contribution in [3.8, 4) is 0 Å². The number of rotatable bonds is 1. The number of aliphatic imine (C=N–C) groups is 2. The van der Waals surface area contributed by atoms with E-state index in [0.29, 0.717) is 0 Å². The molecular formula is C11H15N5. The first kappa shape index (κ1) is 10.5. The van der Waals surface area contributed by atoms with Crippen LogP contribution in [0, 0.1) is 0 Å². The van der Waals surface area contributed by atoms with E-state index in [1.165, 1.54) is 11.1 Å². The monoisotopic (exact) mass is 217 g/mol. The molecule has 0 aliphatic heterocycles. The summed E-state index contributed by atoms with van der Waals surface area (Å²) in [5, 5.41) is 0. The third-order valence-electron chi connectivity index (χ3n) is 2.63. The molecule has 0 amide bonds. The zero-order valence-corrected chi connectivity index (χ0v) is 8.93. The molecule has 0 heterocycles. The molecule has 0 radical (unpaired) electrons. The highest BCUT2D eigenvalue weighted by Gasteiger charge is 2.21. The van der Waals surface area contributed by atoms with E-state index in [1.54, 1.807) is 0 Å². The Hall–Kier alpha value is -2.04. The molecule has 1 atom stereocenters. The van der Waals surface area contributed by atoms with Gasteiger partial charge in [-0.2, -0.15) is 4.99 Å². The second-order valence-electron chi connectivity index (χ2n) is 3.78. The molecule has 0 saturated carbocycles. The standard InChI is InChI=1S/C11H15N5/c12-10(13)16-11(14)15-9-6-5-7-3-1-2-4-8(7)9/h1-4,9H,5-6H2,(H6,12,13,14,15,16). The highest BCUT2D eigenvalue weighted by atomic mass is 15.1. The Morgan fingerprint density at radius 2 is 1.94 bits per heavy atom. The molecule has 0 bridgehead atoms. The number of hydrogen-bond acceptors (Lipinski definition) is 1. The fourth-order valence-corrected chi connectivity index (χ4v) is 1.99. The van der Waals surface area contributed by atoms with Crippen LogP contribution in [-0.2, 0) is 6.42 Å². The van der Waals surface area contributed by atoms with Crippen LogP contribution in [-0.4, -0.2) is 11.9 Å². The zero-order chi connectivity index (χ0) is 11.5. The van der Waals surface area contributed by atoms with Gasteiger partial charge in [-0.15, -0.1) is 0 Å². The van der Waals surface area contributed by atoms with Gasteiger partial charge in [0.1, 0.15) is 0 Å². The van der Waals surface area contributed by atoms with Crippen molar-refractivity contribution in [3.63, 3.8) is 0 Å². The topological polar surface area (TPSA) is 103 Å². The van der Waals surface area contributed by atoms with Gasteiger partial charge in [-0.3, -0.25) is 0 Å². The summed E-state index contributed by atoms with van der Waals surface area (Å²) < 4.78 is 0. The van der Waals surface area contributed by atoms with Gasteiger partial charge in [-0.1, -0.05) is 24.3 Å². The third-order valence-corrected chi connectivity index (χ3v) is 2.63. The van der Waals surface area contributed by atoms with E-state index in [0.717, 1.165) is 12.8 Å². The van der Waals surface area contributed by atoms with Gasteiger partial charge in [0.05, 0.1) is 6.04 Å². The van der Waals surface area contributed by atoms with Crippen LogP contribution in [0.3, 0.4) is 0 Å². The van der Waals surface area contributed by atoms with E-state index in [4.69, 9.17) is 17.2 Å². The van der Waals surface area contributed by atoms with Gasteiger partial charge in [0, 0.05) is 0 Å². The maximum Gasteiger partial charge on any atom is 0.219 e. The number of nitrogens with two attached hydrogens (primary N) is 3. The summed E-state index contributed by atoms with van der Waals surface area (Å²) >= 11 is 0. The average molecular weight is 217 g/mol. The lowest BCUT2D eigenvalue weighted by atomic mass is 10.1. The molecule has 5 nitrogen and oxygen atoms in total. The van der Waals surface area contributed by atoms with Gasteiger partial charge < -0.3 is 17.2 Å². The van der Waals surface area contributed by atoms with E-state index in [-0.39, 0.29) is 18.0 Å². The summed E-state index contributed by atoms with van der Waals surface area (Å²) in [6, 6.07) is 8.30. The summed E-state index contributed by atoms with van der Waals surface area (Å²) in [4.78, 5) is 8.02. The van der Waals surface area contributed by atoms with Crippen molar-refractivity contribution in [2.75, 3.05) is 0 Å². The minimum absolute atomic E-state index is 0.0625. The highest BCUT2D eigenvalue weighted by Crippen LogP contribution is 2.33. The van der Waals surface area contributed by atoms with E-state index < -0.39 is 0 Å². The van der Waals surface area contributed by atoms with Crippen molar-refractivity contribution in [1.82, 2.24) is 0 Å². The molecular weight excluding hydrogens is 202 g/mol. The predicted molar refractivity (Wildman–Crippen MR) is 64.9 cm³/mol. The fraction of sp³-hybridized carbons (Fsp3) is 0.273. The van der Waals surface area contributed by atoms with Crippen molar-refractivity contribution < 1.29 is 0 Å². The molecule has 1 aromatic carbocycles. The quantitative estimate of drug-likeness (QED) is 0.464. The maximum atomic E-state index is 5.61. The van der Waals surface area contributed by atoms with Crippen molar-refractivity contribution in [1.29, 1.82) is 0 Å². The van der Waals surface area contributed by atoms with E-state index in [2.05, 4.69) is 22.1 Å². The van der Waals surface area contributed by atoms with Crippen LogP contribution in [0.25, 0.3) is 0 Å². The van der Waals surface area contributed by atoms with Crippen LogP contribution in [0.1, 0.15) is 23.6 Å². The van der Waals surface area contributed by atoms with Gasteiger partial charge in [0.2, 0.25) is 5.96 Å². The van der Waals surface area contributed by atoms with Crippen LogP contribution >= 0.6 is 0 Å². The van der Waals surface area contributed by atoms with Crippen LogP contribution < -0.4 is 17.2 Å². The Morgan fingerprint density at radius 3 is 2.69 bits per heavy atom. The molecule has 0 spiro atoms. The second-order valence-corrected chi connectivity index (χ2v) is 3.78. The smallest absolute Gasteiger partial charge is 0.219 e. The molecule has 5 heteroatoms. The summed E-state index contributed by atoms with van der Waals surface area (Å²) in [5.41, 5.74) is 18.6. The van der Waals surface area contributed by atoms with Crippen LogP contribution in [0.15, 0.2) is 34.3 Å². The van der Waals surface area contributed by atoms with Gasteiger partial charge in [0.15, 0.2) is 5.96 Å². The van der Waals surface area contributed by atoms with Crippen LogP contribution in [0.2, 0.25) is 0 Å². The number of hydrogen-bond donors (Lipinski definition) is 3. The van der Waals surface area contributed by atoms with E-state index >= 15 is 0 Å². The van der Waals surface area contributed by atoms with Crippen LogP contribution in [0.4, 0.5) is 0 Å². The van der Waals surface area contributed by atoms with Gasteiger partial charge >= 0.3 is 0 Å². The first-order valence-corrected chi connectivity index (χ1v) is 5.17. The number of guanidine groups is 2. The van der Waals surface area contributed by atoms with E-state index in [9.17, 15) is 0 Å². The summed E-state index contributed by atoms with van der Waals surface area (Å²) in [6.07, 6.45) is 1.99. The molecule has 1 aliphatic rings. The summed E-state index contributed by atoms with van der Waals surface area (Å²) in [7, 11) is 0. The number of benzene rings is 1. The largest absolute Gasteiger partial charge is 0.370 e. The summed E-state index contributed by atoms with van der Waals surface area (Å²) in [5.74, 6) is 0.0780. The lowest BCUT2D eigenvalue weighted by Crippen LogP contribution is -2.26. The van der Waals surface area contributed by atoms with Gasteiger partial charge in [-0.25, -0.2) is 4.99 Å². The Bertz CT molecular complexity index is 445. The fourth-order valence-electron chi connectivity index (χ4n) is 1.99. The minimum atomic E-state index is -0.0625. The summed E-state index contributed by atoms with van der Waals surface area (Å²) in [6.45, 7) is 0. The van der Waals surface area contributed by atoms with Crippen molar-refractivity contribution in [2.45, 2.75) is 18.9 Å². The molecule has 0 fully saturated rings. The van der Waals surface area contributed by atoms with Crippen molar-refractivity contribution >= 4 is 11.9 Å². The minimum Gasteiger partial charge on any atom is -0.370 e. The number of nitrogens with zero attached hydrogens (tertiary/aromatic N) is 2. The Morgan fingerprint density at radius 1 is 1.19 bits per heavy atom. The SMILES string of the molecule is NC(N)=NC(N)=NC1CCc2ccccc21. The number of aryl methyl sites for hydroxylation is 1. The molecule has 6 N–H and O–H groups in total. The Balaban J connectivity index is 2.23. The molecule has 0 saturated heterocycles. The zero-order valence-electron chi connectivity index (χ0n) is 8.93. The molecule has 16 heavy (non-hydrogen) atoms. The van der Waals surface area contributed by atoms with Gasteiger partial charge in [-0.05, 0) is 24.0 Å². The van der Waals surface area contributed by atoms with Crippen molar-refractivity contribution in [2.24, 2.45) is 27.2 Å².